The molecule has 1 aromatic heterocycles. The van der Waals surface area contributed by atoms with Crippen molar-refractivity contribution in [2.45, 2.75) is 25.4 Å². The lowest BCUT2D eigenvalue weighted by atomic mass is 10.1. The number of phenolic OH excluding ortho intramolecular Hbond substituents is 1. The number of amides is 2. The number of carbonyl (C=O) groups is 1. The summed E-state index contributed by atoms with van der Waals surface area (Å²) in [4.78, 5) is 17.0. The third-order valence-electron chi connectivity index (χ3n) is 6.24. The number of likely N-dealkylation sites (N-methyl/N-ethyl adjacent to an activating group) is 1. The first-order valence-electron chi connectivity index (χ1n) is 14.7. The molecule has 0 radical (unpaired) electrons. The molecule has 2 aromatic rings. The van der Waals surface area contributed by atoms with Gasteiger partial charge in [0.2, 0.25) is 0 Å². The number of aromatic hydroxyl groups is 1. The number of phenols is 1. The lowest BCUT2D eigenvalue weighted by Crippen LogP contribution is -2.45. The molecule has 2 amide bonds. The van der Waals surface area contributed by atoms with Gasteiger partial charge in [-0.25, -0.2) is 9.48 Å². The van der Waals surface area contributed by atoms with E-state index in [1.807, 2.05) is 32.4 Å². The molecule has 44 heavy (non-hydrogen) atoms. The maximum absolute atomic E-state index is 12.3. The third-order valence-corrected chi connectivity index (χ3v) is 6.24. The van der Waals surface area contributed by atoms with Crippen LogP contribution in [0.1, 0.15) is 11.3 Å². The summed E-state index contributed by atoms with van der Waals surface area (Å²) in [6, 6.07) is 6.99. The Morgan fingerprint density at radius 1 is 0.955 bits per heavy atom. The zero-order valence-corrected chi connectivity index (χ0v) is 25.8. The molecule has 1 aromatic carbocycles. The van der Waals surface area contributed by atoms with Crippen LogP contribution in [0.2, 0.25) is 0 Å². The van der Waals surface area contributed by atoms with Crippen molar-refractivity contribution in [3.63, 3.8) is 0 Å². The monoisotopic (exact) mass is 621 g/mol. The summed E-state index contributed by atoms with van der Waals surface area (Å²) in [5.41, 5.74) is 10.0. The number of nitrogens with zero attached hydrogens (tertiary/aromatic N) is 7. The highest BCUT2D eigenvalue weighted by molar-refractivity contribution is 5.73. The first-order valence-corrected chi connectivity index (χ1v) is 14.7. The zero-order valence-electron chi connectivity index (χ0n) is 25.8. The average molecular weight is 622 g/mol. The summed E-state index contributed by atoms with van der Waals surface area (Å²) in [5, 5.41) is 26.9. The van der Waals surface area contributed by atoms with Crippen LogP contribution in [0.15, 0.2) is 35.6 Å². The van der Waals surface area contributed by atoms with E-state index in [0.29, 0.717) is 98.7 Å². The van der Waals surface area contributed by atoms with E-state index < -0.39 is 0 Å². The van der Waals surface area contributed by atoms with Gasteiger partial charge in [0.05, 0.1) is 78.3 Å². The van der Waals surface area contributed by atoms with Crippen molar-refractivity contribution in [1.29, 1.82) is 0 Å². The Bertz CT molecular complexity index is 1070. The molecule has 0 bridgehead atoms. The molecular formula is C28H47N9O7. The number of urea groups is 1. The van der Waals surface area contributed by atoms with Gasteiger partial charge in [0.25, 0.3) is 0 Å². The summed E-state index contributed by atoms with van der Waals surface area (Å²) < 4.78 is 28.8. The summed E-state index contributed by atoms with van der Waals surface area (Å²) in [7, 11) is 3.95. The SMILES string of the molecule is CN(C)[C@H](CNC(=O)NCCc1cn(CCOCCOCCOCCOCCOCCN=[N+]=[N-])nn1)Cc1ccc(O)cc1. The van der Waals surface area contributed by atoms with Crippen molar-refractivity contribution in [2.24, 2.45) is 5.11 Å². The van der Waals surface area contributed by atoms with Crippen LogP contribution in [0.5, 0.6) is 5.75 Å². The van der Waals surface area contributed by atoms with Gasteiger partial charge >= 0.3 is 6.03 Å². The predicted octanol–water partition coefficient (Wildman–Crippen LogP) is 1.39. The molecule has 246 valence electrons. The van der Waals surface area contributed by atoms with Gasteiger partial charge in [0.15, 0.2) is 0 Å². The van der Waals surface area contributed by atoms with E-state index in [1.165, 1.54) is 0 Å². The van der Waals surface area contributed by atoms with Gasteiger partial charge in [-0.2, -0.15) is 0 Å². The molecule has 0 saturated heterocycles. The topological polar surface area (TPSA) is 190 Å². The van der Waals surface area contributed by atoms with Crippen LogP contribution in [0, 0.1) is 0 Å². The van der Waals surface area contributed by atoms with Crippen molar-refractivity contribution in [3.8, 4) is 5.75 Å². The largest absolute Gasteiger partial charge is 0.508 e. The smallest absolute Gasteiger partial charge is 0.314 e. The highest BCUT2D eigenvalue weighted by atomic mass is 16.6. The number of azide groups is 1. The highest BCUT2D eigenvalue weighted by Gasteiger charge is 2.14. The van der Waals surface area contributed by atoms with Gasteiger partial charge in [-0.05, 0) is 43.7 Å². The second kappa shape index (κ2) is 23.9. The minimum atomic E-state index is -0.232. The fourth-order valence-corrected chi connectivity index (χ4v) is 3.77. The van der Waals surface area contributed by atoms with Gasteiger partial charge in [0.1, 0.15) is 5.75 Å². The van der Waals surface area contributed by atoms with Crippen molar-refractivity contribution < 1.29 is 33.6 Å². The van der Waals surface area contributed by atoms with Crippen LogP contribution in [-0.4, -0.2) is 137 Å². The first-order chi connectivity index (χ1) is 21.5. The Labute approximate surface area is 258 Å². The summed E-state index contributed by atoms with van der Waals surface area (Å²) in [5.74, 6) is 0.237. The normalized spacial score (nSPS) is 11.8. The number of rotatable bonds is 26. The van der Waals surface area contributed by atoms with E-state index in [4.69, 9.17) is 29.2 Å². The maximum atomic E-state index is 12.3. The van der Waals surface area contributed by atoms with Crippen molar-refractivity contribution >= 4 is 6.03 Å². The van der Waals surface area contributed by atoms with Crippen LogP contribution in [0.3, 0.4) is 0 Å². The lowest BCUT2D eigenvalue weighted by Gasteiger charge is -2.25. The molecule has 16 heteroatoms. The fourth-order valence-electron chi connectivity index (χ4n) is 3.77. The quantitative estimate of drug-likeness (QED) is 0.0599. The van der Waals surface area contributed by atoms with Crippen LogP contribution < -0.4 is 10.6 Å². The molecule has 0 aliphatic rings. The van der Waals surface area contributed by atoms with Crippen LogP contribution >= 0.6 is 0 Å². The standard InChI is InChI=1S/C28H47N9O7/c1-36(2)26(21-24-3-5-27(38)6-4-24)22-31-28(39)30-8-7-25-23-37(35-33-25)10-12-41-14-16-43-18-20-44-19-17-42-15-13-40-11-9-32-34-29/h3-6,23,26,38H,7-22H2,1-2H3,(H2,30,31,39)/t26-/m0/s1. The molecule has 2 rings (SSSR count). The average Bonchev–Trinajstić information content (AvgIpc) is 3.46. The van der Waals surface area contributed by atoms with Crippen LogP contribution in [0.25, 0.3) is 10.4 Å². The van der Waals surface area contributed by atoms with Crippen molar-refractivity contribution in [2.75, 3.05) is 99.8 Å². The molecule has 1 atom stereocenters. The highest BCUT2D eigenvalue weighted by Crippen LogP contribution is 2.12. The van der Waals surface area contributed by atoms with Gasteiger partial charge in [-0.1, -0.05) is 22.5 Å². The Morgan fingerprint density at radius 2 is 1.55 bits per heavy atom. The zero-order chi connectivity index (χ0) is 31.7. The van der Waals surface area contributed by atoms with Crippen LogP contribution in [-0.2, 0) is 43.1 Å². The molecular weight excluding hydrogens is 574 g/mol. The lowest BCUT2D eigenvalue weighted by molar-refractivity contribution is -0.0111. The van der Waals surface area contributed by atoms with E-state index in [9.17, 15) is 9.90 Å². The minimum Gasteiger partial charge on any atom is -0.508 e. The summed E-state index contributed by atoms with van der Waals surface area (Å²) in [6.45, 7) is 6.42. The number of ether oxygens (including phenoxy) is 5. The summed E-state index contributed by atoms with van der Waals surface area (Å²) >= 11 is 0. The molecule has 0 aliphatic heterocycles. The molecule has 0 fully saturated rings. The minimum absolute atomic E-state index is 0.116. The van der Waals surface area contributed by atoms with E-state index >= 15 is 0 Å². The van der Waals surface area contributed by atoms with E-state index in [0.717, 1.165) is 17.7 Å². The van der Waals surface area contributed by atoms with Crippen molar-refractivity contribution in [3.05, 3.63) is 52.2 Å². The Morgan fingerprint density at radius 3 is 2.14 bits per heavy atom. The third kappa shape index (κ3) is 18.2. The number of carbonyl (C=O) groups excluding carboxylic acids is 1. The molecule has 1 heterocycles. The molecule has 0 aliphatic carbocycles. The van der Waals surface area contributed by atoms with E-state index in [-0.39, 0.29) is 17.8 Å². The van der Waals surface area contributed by atoms with E-state index in [2.05, 4.69) is 35.9 Å². The molecule has 3 N–H and O–H groups in total. The van der Waals surface area contributed by atoms with Gasteiger partial charge in [-0.15, -0.1) is 5.10 Å². The van der Waals surface area contributed by atoms with E-state index in [1.54, 1.807) is 16.8 Å². The molecule has 0 saturated carbocycles. The molecule has 0 spiro atoms. The maximum Gasteiger partial charge on any atom is 0.314 e. The first kappa shape index (κ1) is 36.7. The Balaban J connectivity index is 1.41. The Kier molecular flexibility index (Phi) is 19.9. The van der Waals surface area contributed by atoms with Crippen LogP contribution in [0.4, 0.5) is 4.79 Å². The number of aromatic nitrogens is 3. The van der Waals surface area contributed by atoms with Gasteiger partial charge < -0.3 is 44.3 Å². The predicted molar refractivity (Wildman–Crippen MR) is 163 cm³/mol. The van der Waals surface area contributed by atoms with Gasteiger partial charge in [-0.3, -0.25) is 0 Å². The number of hydrogen-bond acceptors (Lipinski definition) is 11. The Hall–Kier alpha value is -3.50. The second-order valence-electron chi connectivity index (χ2n) is 9.86. The summed E-state index contributed by atoms with van der Waals surface area (Å²) in [6.07, 6.45) is 3.16. The number of nitrogens with one attached hydrogen (secondary N) is 2. The fraction of sp³-hybridized carbons (Fsp3) is 0.679. The number of benzene rings is 1. The molecule has 16 nitrogen and oxygen atoms in total. The van der Waals surface area contributed by atoms with Crippen molar-refractivity contribution in [1.82, 2.24) is 30.5 Å². The number of hydrogen-bond donors (Lipinski definition) is 3. The van der Waals surface area contributed by atoms with Gasteiger partial charge in [0, 0.05) is 43.2 Å². The second-order valence-corrected chi connectivity index (χ2v) is 9.86. The molecule has 0 unspecified atom stereocenters.